The molecule has 2 N–H and O–H groups in total. The van der Waals surface area contributed by atoms with Crippen LogP contribution in [0.5, 0.6) is 0 Å². The van der Waals surface area contributed by atoms with Crippen LogP contribution in [0.3, 0.4) is 0 Å². The van der Waals surface area contributed by atoms with Gasteiger partial charge in [-0.05, 0) is 19.9 Å². The molecule has 0 radical (unpaired) electrons. The summed E-state index contributed by atoms with van der Waals surface area (Å²) >= 11 is 0. The van der Waals surface area contributed by atoms with E-state index in [1.54, 1.807) is 0 Å². The number of nitrogens with one attached hydrogen (secondary N) is 1. The molecular formula is C11H22N2O. The minimum Gasteiger partial charge on any atom is -0.390 e. The minimum absolute atomic E-state index is 0.165. The molecule has 0 aromatic carbocycles. The zero-order valence-corrected chi connectivity index (χ0v) is 9.08. The predicted molar refractivity (Wildman–Crippen MR) is 57.3 cm³/mol. The lowest BCUT2D eigenvalue weighted by molar-refractivity contribution is 0.0606. The van der Waals surface area contributed by atoms with Crippen LogP contribution >= 0.6 is 0 Å². The highest BCUT2D eigenvalue weighted by molar-refractivity contribution is 4.90. The van der Waals surface area contributed by atoms with Gasteiger partial charge in [-0.2, -0.15) is 0 Å². The first kappa shape index (κ1) is 10.4. The first-order valence-electron chi connectivity index (χ1n) is 5.90. The number of hydrogen-bond donors (Lipinski definition) is 2. The number of β-amino-alcohol motifs (C(OH)–C–C–N with tert-alkyl or cyclic N) is 1. The Kier molecular flexibility index (Phi) is 3.42. The number of aliphatic hydroxyl groups excluding tert-OH is 1. The van der Waals surface area contributed by atoms with Gasteiger partial charge in [0.05, 0.1) is 6.10 Å². The molecule has 0 unspecified atom stereocenters. The molecule has 0 aromatic rings. The third-order valence-electron chi connectivity index (χ3n) is 3.82. The van der Waals surface area contributed by atoms with E-state index in [-0.39, 0.29) is 6.10 Å². The van der Waals surface area contributed by atoms with Gasteiger partial charge in [-0.15, -0.1) is 0 Å². The van der Waals surface area contributed by atoms with Crippen LogP contribution in [0, 0.1) is 0 Å². The third kappa shape index (κ3) is 2.10. The third-order valence-corrected chi connectivity index (χ3v) is 3.82. The SMILES string of the molecule is CN(C1CCCCC1)[C@@H]1CNC[C@H]1O. The van der Waals surface area contributed by atoms with Crippen LogP contribution in [-0.4, -0.2) is 48.3 Å². The molecule has 1 saturated heterocycles. The molecule has 1 aliphatic heterocycles. The van der Waals surface area contributed by atoms with Crippen LogP contribution < -0.4 is 5.32 Å². The summed E-state index contributed by atoms with van der Waals surface area (Å²) in [5.41, 5.74) is 0. The summed E-state index contributed by atoms with van der Waals surface area (Å²) in [6.07, 6.45) is 6.60. The number of likely N-dealkylation sites (N-methyl/N-ethyl adjacent to an activating group) is 1. The van der Waals surface area contributed by atoms with Gasteiger partial charge in [-0.25, -0.2) is 0 Å². The Balaban J connectivity index is 1.89. The zero-order chi connectivity index (χ0) is 9.97. The van der Waals surface area contributed by atoms with Crippen molar-refractivity contribution < 1.29 is 5.11 Å². The highest BCUT2D eigenvalue weighted by atomic mass is 16.3. The molecule has 1 aliphatic carbocycles. The molecule has 3 heteroatoms. The molecule has 2 aliphatic rings. The van der Waals surface area contributed by atoms with Gasteiger partial charge in [0.25, 0.3) is 0 Å². The maximum absolute atomic E-state index is 9.79. The Labute approximate surface area is 86.5 Å². The molecule has 1 heterocycles. The Morgan fingerprint density at radius 2 is 1.86 bits per heavy atom. The van der Waals surface area contributed by atoms with Gasteiger partial charge in [0.2, 0.25) is 0 Å². The van der Waals surface area contributed by atoms with Crippen LogP contribution in [0.25, 0.3) is 0 Å². The number of rotatable bonds is 2. The van der Waals surface area contributed by atoms with E-state index in [1.165, 1.54) is 32.1 Å². The molecule has 1 saturated carbocycles. The number of nitrogens with zero attached hydrogens (tertiary/aromatic N) is 1. The molecule has 0 amide bonds. The summed E-state index contributed by atoms with van der Waals surface area (Å²) in [6.45, 7) is 1.72. The van der Waals surface area contributed by atoms with Crippen molar-refractivity contribution in [3.05, 3.63) is 0 Å². The van der Waals surface area contributed by atoms with Crippen LogP contribution in [0.4, 0.5) is 0 Å². The van der Waals surface area contributed by atoms with E-state index in [0.717, 1.165) is 13.1 Å². The topological polar surface area (TPSA) is 35.5 Å². The second kappa shape index (κ2) is 4.60. The lowest BCUT2D eigenvalue weighted by Gasteiger charge is -2.36. The van der Waals surface area contributed by atoms with Crippen molar-refractivity contribution in [3.8, 4) is 0 Å². The fraction of sp³-hybridized carbons (Fsp3) is 1.00. The summed E-state index contributed by atoms with van der Waals surface area (Å²) in [7, 11) is 2.18. The maximum atomic E-state index is 9.79. The smallest absolute Gasteiger partial charge is 0.0831 e. The fourth-order valence-electron chi connectivity index (χ4n) is 2.83. The van der Waals surface area contributed by atoms with E-state index in [9.17, 15) is 5.11 Å². The molecule has 14 heavy (non-hydrogen) atoms. The largest absolute Gasteiger partial charge is 0.390 e. The Bertz CT molecular complexity index is 180. The summed E-state index contributed by atoms with van der Waals surface area (Å²) in [5, 5.41) is 13.0. The number of aliphatic hydroxyl groups is 1. The van der Waals surface area contributed by atoms with E-state index in [2.05, 4.69) is 17.3 Å². The van der Waals surface area contributed by atoms with Crippen molar-refractivity contribution in [2.45, 2.75) is 50.3 Å². The highest BCUT2D eigenvalue weighted by Crippen LogP contribution is 2.24. The van der Waals surface area contributed by atoms with Gasteiger partial charge in [0.15, 0.2) is 0 Å². The molecule has 2 rings (SSSR count). The molecule has 3 nitrogen and oxygen atoms in total. The molecule has 2 fully saturated rings. The quantitative estimate of drug-likeness (QED) is 0.681. The van der Waals surface area contributed by atoms with Gasteiger partial charge < -0.3 is 10.4 Å². The van der Waals surface area contributed by atoms with Crippen molar-refractivity contribution in [2.24, 2.45) is 0 Å². The normalized spacial score (nSPS) is 35.4. The predicted octanol–water partition coefficient (Wildman–Crippen LogP) is 0.584. The first-order chi connectivity index (χ1) is 6.79. The minimum atomic E-state index is -0.165. The van der Waals surface area contributed by atoms with Gasteiger partial charge in [0.1, 0.15) is 0 Å². The van der Waals surface area contributed by atoms with Crippen LogP contribution in [0.2, 0.25) is 0 Å². The van der Waals surface area contributed by atoms with Crippen molar-refractivity contribution in [2.75, 3.05) is 20.1 Å². The summed E-state index contributed by atoms with van der Waals surface area (Å²) in [6, 6.07) is 1.06. The van der Waals surface area contributed by atoms with Crippen molar-refractivity contribution >= 4 is 0 Å². The van der Waals surface area contributed by atoms with Crippen LogP contribution in [0.15, 0.2) is 0 Å². The molecule has 2 atom stereocenters. The fourth-order valence-corrected chi connectivity index (χ4v) is 2.83. The van der Waals surface area contributed by atoms with Crippen molar-refractivity contribution in [3.63, 3.8) is 0 Å². The second-order valence-corrected chi connectivity index (χ2v) is 4.75. The Morgan fingerprint density at radius 1 is 1.14 bits per heavy atom. The second-order valence-electron chi connectivity index (χ2n) is 4.75. The van der Waals surface area contributed by atoms with Crippen LogP contribution in [0.1, 0.15) is 32.1 Å². The summed E-state index contributed by atoms with van der Waals surface area (Å²) < 4.78 is 0. The van der Waals surface area contributed by atoms with Crippen molar-refractivity contribution in [1.82, 2.24) is 10.2 Å². The van der Waals surface area contributed by atoms with Crippen LogP contribution in [-0.2, 0) is 0 Å². The Hall–Kier alpha value is -0.120. The lowest BCUT2D eigenvalue weighted by atomic mass is 9.93. The lowest BCUT2D eigenvalue weighted by Crippen LogP contribution is -2.47. The molecular weight excluding hydrogens is 176 g/mol. The van der Waals surface area contributed by atoms with Gasteiger partial charge in [0, 0.05) is 25.2 Å². The molecule has 0 aromatic heterocycles. The maximum Gasteiger partial charge on any atom is 0.0831 e. The Morgan fingerprint density at radius 3 is 2.43 bits per heavy atom. The van der Waals surface area contributed by atoms with E-state index in [0.29, 0.717) is 12.1 Å². The van der Waals surface area contributed by atoms with Gasteiger partial charge >= 0.3 is 0 Å². The standard InChI is InChI=1S/C11H22N2O/c1-13(9-5-3-2-4-6-9)10-7-12-8-11(10)14/h9-12,14H,2-8H2,1H3/t10-,11-/m1/s1. The summed E-state index contributed by atoms with van der Waals surface area (Å²) in [5.74, 6) is 0. The average Bonchev–Trinajstić information content (AvgIpc) is 2.65. The summed E-state index contributed by atoms with van der Waals surface area (Å²) in [4.78, 5) is 2.41. The number of hydrogen-bond acceptors (Lipinski definition) is 3. The highest BCUT2D eigenvalue weighted by Gasteiger charge is 2.32. The van der Waals surface area contributed by atoms with Gasteiger partial charge in [-0.3, -0.25) is 4.90 Å². The molecule has 82 valence electrons. The van der Waals surface area contributed by atoms with Crippen molar-refractivity contribution in [1.29, 1.82) is 0 Å². The zero-order valence-electron chi connectivity index (χ0n) is 9.08. The van der Waals surface area contributed by atoms with E-state index in [1.807, 2.05) is 0 Å². The van der Waals surface area contributed by atoms with E-state index in [4.69, 9.17) is 0 Å². The van der Waals surface area contributed by atoms with E-state index < -0.39 is 0 Å². The van der Waals surface area contributed by atoms with Gasteiger partial charge in [-0.1, -0.05) is 19.3 Å². The first-order valence-corrected chi connectivity index (χ1v) is 5.90. The monoisotopic (exact) mass is 198 g/mol. The molecule has 0 spiro atoms. The average molecular weight is 198 g/mol. The molecule has 0 bridgehead atoms. The van der Waals surface area contributed by atoms with E-state index >= 15 is 0 Å².